The number of nitrogens with one attached hydrogen (secondary N) is 1. The number of rotatable bonds is 3. The number of aliphatic imine (C=N–C) groups is 1. The summed E-state index contributed by atoms with van der Waals surface area (Å²) in [6.45, 7) is 7.50. The smallest absolute Gasteiger partial charge is 0.0273 e. The monoisotopic (exact) mass is 142 g/mol. The zero-order chi connectivity index (χ0) is 8.04. The van der Waals surface area contributed by atoms with Gasteiger partial charge in [0.05, 0.1) is 0 Å². The Morgan fingerprint density at radius 3 is 2.40 bits per heavy atom. The highest BCUT2D eigenvalue weighted by Gasteiger charge is 2.05. The molecule has 0 bridgehead atoms. The van der Waals surface area contributed by atoms with E-state index in [-0.39, 0.29) is 5.54 Å². The van der Waals surface area contributed by atoms with Gasteiger partial charge in [0, 0.05) is 19.1 Å². The summed E-state index contributed by atoms with van der Waals surface area (Å²) in [4.78, 5) is 3.89. The van der Waals surface area contributed by atoms with Gasteiger partial charge in [-0.3, -0.25) is 0 Å². The fraction of sp³-hybridized carbons (Fsp3) is 0.875. The summed E-state index contributed by atoms with van der Waals surface area (Å²) < 4.78 is 0. The lowest BCUT2D eigenvalue weighted by Gasteiger charge is -2.19. The molecule has 60 valence electrons. The quantitative estimate of drug-likeness (QED) is 0.468. The van der Waals surface area contributed by atoms with Crippen molar-refractivity contribution < 1.29 is 0 Å². The molecule has 0 rings (SSSR count). The van der Waals surface area contributed by atoms with E-state index in [4.69, 9.17) is 0 Å². The summed E-state index contributed by atoms with van der Waals surface area (Å²) in [5.74, 6) is 0. The van der Waals surface area contributed by atoms with E-state index in [0.29, 0.717) is 0 Å². The lowest BCUT2D eigenvalue weighted by atomic mass is 10.1. The molecule has 0 saturated heterocycles. The first-order valence-corrected chi connectivity index (χ1v) is 3.72. The van der Waals surface area contributed by atoms with Gasteiger partial charge in [-0.2, -0.15) is 0 Å². The second kappa shape index (κ2) is 4.45. The van der Waals surface area contributed by atoms with Gasteiger partial charge in [0.15, 0.2) is 0 Å². The lowest BCUT2D eigenvalue weighted by Crippen LogP contribution is -2.36. The largest absolute Gasteiger partial charge is 0.312 e. The molecule has 0 atom stereocenters. The van der Waals surface area contributed by atoms with E-state index in [1.165, 1.54) is 0 Å². The van der Waals surface area contributed by atoms with Gasteiger partial charge in [-0.1, -0.05) is 0 Å². The van der Waals surface area contributed by atoms with Crippen LogP contribution < -0.4 is 5.32 Å². The summed E-state index contributed by atoms with van der Waals surface area (Å²) in [7, 11) is 1.80. The van der Waals surface area contributed by atoms with Crippen molar-refractivity contribution in [3.8, 4) is 0 Å². The fourth-order valence-corrected chi connectivity index (χ4v) is 0.641. The third kappa shape index (κ3) is 7.63. The summed E-state index contributed by atoms with van der Waals surface area (Å²) in [5, 5.41) is 3.37. The zero-order valence-corrected chi connectivity index (χ0v) is 7.44. The molecule has 0 aromatic carbocycles. The van der Waals surface area contributed by atoms with Crippen LogP contribution >= 0.6 is 0 Å². The predicted molar refractivity (Wildman–Crippen MR) is 46.8 cm³/mol. The maximum Gasteiger partial charge on any atom is 0.0273 e. The van der Waals surface area contributed by atoms with E-state index < -0.39 is 0 Å². The van der Waals surface area contributed by atoms with Crippen LogP contribution in [0.1, 0.15) is 27.2 Å². The van der Waals surface area contributed by atoms with Gasteiger partial charge in [-0.15, -0.1) is 0 Å². The summed E-state index contributed by atoms with van der Waals surface area (Å²) in [5.41, 5.74) is 0.238. The normalized spacial score (nSPS) is 12.8. The molecule has 0 unspecified atom stereocenters. The Bertz CT molecular complexity index is 100. The minimum absolute atomic E-state index is 0.238. The Morgan fingerprint density at radius 1 is 1.40 bits per heavy atom. The van der Waals surface area contributed by atoms with Crippen LogP contribution in [0.3, 0.4) is 0 Å². The van der Waals surface area contributed by atoms with E-state index in [1.807, 2.05) is 6.21 Å². The van der Waals surface area contributed by atoms with Crippen molar-refractivity contribution in [2.45, 2.75) is 32.7 Å². The zero-order valence-electron chi connectivity index (χ0n) is 7.44. The molecule has 0 saturated carbocycles. The SMILES string of the molecule is C/N=C/CCNC(C)(C)C. The molecular formula is C8H18N2. The van der Waals surface area contributed by atoms with Gasteiger partial charge in [0.1, 0.15) is 0 Å². The van der Waals surface area contributed by atoms with Crippen molar-refractivity contribution in [2.75, 3.05) is 13.6 Å². The van der Waals surface area contributed by atoms with Crippen molar-refractivity contribution in [2.24, 2.45) is 4.99 Å². The predicted octanol–water partition coefficient (Wildman–Crippen LogP) is 1.47. The van der Waals surface area contributed by atoms with Crippen LogP contribution in [0.5, 0.6) is 0 Å². The number of hydrogen-bond acceptors (Lipinski definition) is 2. The van der Waals surface area contributed by atoms with Crippen LogP contribution in [0.25, 0.3) is 0 Å². The van der Waals surface area contributed by atoms with E-state index >= 15 is 0 Å². The average Bonchev–Trinajstić information content (AvgIpc) is 1.78. The van der Waals surface area contributed by atoms with E-state index in [2.05, 4.69) is 31.1 Å². The summed E-state index contributed by atoms with van der Waals surface area (Å²) in [6, 6.07) is 0. The van der Waals surface area contributed by atoms with Gasteiger partial charge >= 0.3 is 0 Å². The van der Waals surface area contributed by atoms with Crippen LogP contribution in [0.2, 0.25) is 0 Å². The van der Waals surface area contributed by atoms with Crippen LogP contribution in [0.15, 0.2) is 4.99 Å². The summed E-state index contributed by atoms with van der Waals surface area (Å²) >= 11 is 0. The maximum atomic E-state index is 3.89. The van der Waals surface area contributed by atoms with Gasteiger partial charge in [0.2, 0.25) is 0 Å². The molecule has 0 heterocycles. The average molecular weight is 142 g/mol. The molecule has 0 spiro atoms. The van der Waals surface area contributed by atoms with Crippen LogP contribution in [-0.2, 0) is 0 Å². The molecule has 0 aliphatic carbocycles. The third-order valence-electron chi connectivity index (χ3n) is 1.11. The van der Waals surface area contributed by atoms with Gasteiger partial charge < -0.3 is 10.3 Å². The third-order valence-corrected chi connectivity index (χ3v) is 1.11. The van der Waals surface area contributed by atoms with Crippen molar-refractivity contribution >= 4 is 6.21 Å². The van der Waals surface area contributed by atoms with E-state index in [0.717, 1.165) is 13.0 Å². The number of hydrogen-bond donors (Lipinski definition) is 1. The number of nitrogens with zero attached hydrogens (tertiary/aromatic N) is 1. The molecule has 0 aliphatic heterocycles. The Morgan fingerprint density at radius 2 is 2.00 bits per heavy atom. The minimum atomic E-state index is 0.238. The Hall–Kier alpha value is -0.370. The van der Waals surface area contributed by atoms with Crippen LogP contribution in [-0.4, -0.2) is 25.3 Å². The highest BCUT2D eigenvalue weighted by Crippen LogP contribution is 1.96. The standard InChI is InChI=1S/C8H18N2/c1-8(2,3)10-7-5-6-9-4/h6,10H,5,7H2,1-4H3/b9-6+. The molecular weight excluding hydrogens is 124 g/mol. The molecule has 2 nitrogen and oxygen atoms in total. The highest BCUT2D eigenvalue weighted by atomic mass is 14.9. The lowest BCUT2D eigenvalue weighted by molar-refractivity contribution is 0.434. The van der Waals surface area contributed by atoms with Gasteiger partial charge in [0.25, 0.3) is 0 Å². The molecule has 0 fully saturated rings. The highest BCUT2D eigenvalue weighted by molar-refractivity contribution is 5.56. The second-order valence-electron chi connectivity index (χ2n) is 3.41. The van der Waals surface area contributed by atoms with E-state index in [9.17, 15) is 0 Å². The van der Waals surface area contributed by atoms with Gasteiger partial charge in [-0.25, -0.2) is 0 Å². The van der Waals surface area contributed by atoms with Gasteiger partial charge in [-0.05, 0) is 33.4 Å². The second-order valence-corrected chi connectivity index (χ2v) is 3.41. The molecule has 0 aromatic heterocycles. The Balaban J connectivity index is 3.20. The summed E-state index contributed by atoms with van der Waals surface area (Å²) in [6.07, 6.45) is 2.95. The first-order chi connectivity index (χ1) is 4.56. The van der Waals surface area contributed by atoms with Crippen molar-refractivity contribution in [3.05, 3.63) is 0 Å². The molecule has 0 amide bonds. The first-order valence-electron chi connectivity index (χ1n) is 3.72. The molecule has 0 radical (unpaired) electrons. The molecule has 0 aromatic rings. The van der Waals surface area contributed by atoms with Crippen molar-refractivity contribution in [1.29, 1.82) is 0 Å². The molecule has 2 heteroatoms. The Labute approximate surface area is 63.7 Å². The topological polar surface area (TPSA) is 24.4 Å². The van der Waals surface area contributed by atoms with E-state index in [1.54, 1.807) is 7.05 Å². The fourth-order valence-electron chi connectivity index (χ4n) is 0.641. The molecule has 0 aliphatic rings. The Kier molecular flexibility index (Phi) is 4.28. The van der Waals surface area contributed by atoms with Crippen molar-refractivity contribution in [3.63, 3.8) is 0 Å². The van der Waals surface area contributed by atoms with Crippen molar-refractivity contribution in [1.82, 2.24) is 5.32 Å². The maximum absolute atomic E-state index is 3.89. The van der Waals surface area contributed by atoms with Crippen LogP contribution in [0, 0.1) is 0 Å². The molecule has 1 N–H and O–H groups in total. The van der Waals surface area contributed by atoms with Crippen LogP contribution in [0.4, 0.5) is 0 Å². The molecule has 10 heavy (non-hydrogen) atoms. The first kappa shape index (κ1) is 9.63. The minimum Gasteiger partial charge on any atom is -0.312 e.